The first-order valence-electron chi connectivity index (χ1n) is 4.70. The Morgan fingerprint density at radius 1 is 1.27 bits per heavy atom. The molecule has 92 valence electrons. The summed E-state index contributed by atoms with van der Waals surface area (Å²) in [6.45, 7) is 3.72. The average Bonchev–Trinajstić information content (AvgIpc) is 2.01. The molecule has 0 saturated carbocycles. The number of nitrogens with zero attached hydrogens (tertiary/aromatic N) is 1. The highest BCUT2D eigenvalue weighted by Gasteiger charge is 2.37. The third-order valence-electron chi connectivity index (χ3n) is 2.48. The number of hydrogen-bond acceptors (Lipinski definition) is 3. The number of likely N-dealkylation sites (N-methyl/N-ethyl adjacent to an activating group) is 1. The molecule has 0 aromatic rings. The van der Waals surface area contributed by atoms with Crippen molar-refractivity contribution in [1.82, 2.24) is 10.2 Å². The van der Waals surface area contributed by atoms with Gasteiger partial charge in [-0.25, -0.2) is 0 Å². The second-order valence-electron chi connectivity index (χ2n) is 4.40. The zero-order valence-corrected chi connectivity index (χ0v) is 9.52. The maximum absolute atomic E-state index is 11.9. The minimum absolute atomic E-state index is 0.245. The fourth-order valence-corrected chi connectivity index (χ4v) is 0.789. The van der Waals surface area contributed by atoms with Crippen molar-refractivity contribution < 1.29 is 18.3 Å². The predicted octanol–water partition coefficient (Wildman–Crippen LogP) is 0.839. The van der Waals surface area contributed by atoms with Crippen molar-refractivity contribution in [2.75, 3.05) is 27.2 Å². The molecule has 0 saturated heterocycles. The van der Waals surface area contributed by atoms with Crippen molar-refractivity contribution in [3.05, 3.63) is 0 Å². The number of aliphatic hydroxyl groups excluding tert-OH is 1. The molecule has 0 bridgehead atoms. The number of alkyl halides is 3. The molecule has 0 spiro atoms. The number of halogens is 3. The van der Waals surface area contributed by atoms with Crippen LogP contribution in [-0.2, 0) is 0 Å². The first kappa shape index (κ1) is 14.7. The van der Waals surface area contributed by atoms with Gasteiger partial charge in [0.1, 0.15) is 0 Å². The van der Waals surface area contributed by atoms with E-state index in [9.17, 15) is 13.2 Å². The van der Waals surface area contributed by atoms with Gasteiger partial charge in [-0.1, -0.05) is 0 Å². The van der Waals surface area contributed by atoms with Gasteiger partial charge in [-0.15, -0.1) is 0 Å². The van der Waals surface area contributed by atoms with Crippen LogP contribution in [0.5, 0.6) is 0 Å². The van der Waals surface area contributed by atoms with Gasteiger partial charge in [-0.2, -0.15) is 13.2 Å². The average molecular weight is 228 g/mol. The summed E-state index contributed by atoms with van der Waals surface area (Å²) >= 11 is 0. The fraction of sp³-hybridized carbons (Fsp3) is 1.00. The monoisotopic (exact) mass is 228 g/mol. The molecule has 0 aromatic heterocycles. The Kier molecular flexibility index (Phi) is 5.02. The van der Waals surface area contributed by atoms with Crippen molar-refractivity contribution in [3.8, 4) is 0 Å². The van der Waals surface area contributed by atoms with Crippen LogP contribution in [0.1, 0.15) is 13.8 Å². The Hall–Kier alpha value is -0.330. The molecular weight excluding hydrogens is 209 g/mol. The molecule has 1 atom stereocenters. The lowest BCUT2D eigenvalue weighted by Crippen LogP contribution is -2.49. The van der Waals surface area contributed by atoms with Gasteiger partial charge in [0.25, 0.3) is 0 Å². The molecule has 0 heterocycles. The highest BCUT2D eigenvalue weighted by atomic mass is 19.4. The van der Waals surface area contributed by atoms with Crippen LogP contribution in [-0.4, -0.2) is 55.0 Å². The van der Waals surface area contributed by atoms with Gasteiger partial charge in [0.2, 0.25) is 0 Å². The molecule has 3 nitrogen and oxygen atoms in total. The van der Waals surface area contributed by atoms with Gasteiger partial charge in [0, 0.05) is 18.6 Å². The largest absolute Gasteiger partial charge is 0.415 e. The number of nitrogens with one attached hydrogen (secondary N) is 1. The lowest BCUT2D eigenvalue weighted by atomic mass is 10.0. The van der Waals surface area contributed by atoms with E-state index in [-0.39, 0.29) is 5.54 Å². The van der Waals surface area contributed by atoms with E-state index in [1.54, 1.807) is 0 Å². The van der Waals surface area contributed by atoms with Gasteiger partial charge in [0.15, 0.2) is 6.10 Å². The third-order valence-corrected chi connectivity index (χ3v) is 2.48. The van der Waals surface area contributed by atoms with Crippen molar-refractivity contribution >= 4 is 0 Å². The Morgan fingerprint density at radius 2 is 1.73 bits per heavy atom. The van der Waals surface area contributed by atoms with E-state index in [1.165, 1.54) is 0 Å². The molecule has 0 aliphatic carbocycles. The van der Waals surface area contributed by atoms with Crippen LogP contribution in [0.25, 0.3) is 0 Å². The van der Waals surface area contributed by atoms with E-state index < -0.39 is 18.8 Å². The van der Waals surface area contributed by atoms with Gasteiger partial charge >= 0.3 is 6.18 Å². The molecule has 0 rings (SSSR count). The van der Waals surface area contributed by atoms with E-state index in [1.807, 2.05) is 32.8 Å². The first-order valence-corrected chi connectivity index (χ1v) is 4.70. The maximum atomic E-state index is 11.9. The molecule has 1 unspecified atom stereocenters. The van der Waals surface area contributed by atoms with Crippen molar-refractivity contribution in [1.29, 1.82) is 0 Å². The highest BCUT2D eigenvalue weighted by Crippen LogP contribution is 2.19. The summed E-state index contributed by atoms with van der Waals surface area (Å²) in [7, 11) is 3.70. The third kappa shape index (κ3) is 5.34. The van der Waals surface area contributed by atoms with E-state index >= 15 is 0 Å². The fourth-order valence-electron chi connectivity index (χ4n) is 0.789. The van der Waals surface area contributed by atoms with Gasteiger partial charge < -0.3 is 15.3 Å². The minimum Gasteiger partial charge on any atom is -0.382 e. The van der Waals surface area contributed by atoms with Crippen LogP contribution < -0.4 is 5.32 Å². The second kappa shape index (κ2) is 5.14. The Morgan fingerprint density at radius 3 is 2.07 bits per heavy atom. The summed E-state index contributed by atoms with van der Waals surface area (Å²) in [5, 5.41) is 11.3. The second-order valence-corrected chi connectivity index (χ2v) is 4.40. The molecule has 0 aliphatic rings. The topological polar surface area (TPSA) is 35.5 Å². The Labute approximate surface area is 88.3 Å². The standard InChI is InChI=1S/C9H19F3N2O/c1-8(2,14(3)4)6-13-5-7(15)9(10,11)12/h7,13,15H,5-6H2,1-4H3. The molecular formula is C9H19F3N2O. The smallest absolute Gasteiger partial charge is 0.382 e. The summed E-state index contributed by atoms with van der Waals surface area (Å²) < 4.78 is 35.8. The van der Waals surface area contributed by atoms with Crippen molar-refractivity contribution in [2.45, 2.75) is 31.7 Å². The lowest BCUT2D eigenvalue weighted by molar-refractivity contribution is -0.202. The quantitative estimate of drug-likeness (QED) is 0.732. The molecule has 15 heavy (non-hydrogen) atoms. The van der Waals surface area contributed by atoms with Crippen molar-refractivity contribution in [3.63, 3.8) is 0 Å². The maximum Gasteiger partial charge on any atom is 0.415 e. The van der Waals surface area contributed by atoms with E-state index in [2.05, 4.69) is 5.32 Å². The van der Waals surface area contributed by atoms with Crippen LogP contribution in [0, 0.1) is 0 Å². The lowest BCUT2D eigenvalue weighted by Gasteiger charge is -2.33. The highest BCUT2D eigenvalue weighted by molar-refractivity contribution is 4.80. The molecule has 0 fully saturated rings. The Bertz CT molecular complexity index is 192. The van der Waals surface area contributed by atoms with E-state index in [0.29, 0.717) is 6.54 Å². The SMILES string of the molecule is CN(C)C(C)(C)CNCC(O)C(F)(F)F. The van der Waals surface area contributed by atoms with Gasteiger partial charge in [-0.05, 0) is 27.9 Å². The molecule has 2 N–H and O–H groups in total. The summed E-state index contributed by atoms with van der Waals surface area (Å²) in [6, 6.07) is 0. The number of aliphatic hydroxyl groups is 1. The number of rotatable bonds is 5. The van der Waals surface area contributed by atoms with Crippen LogP contribution in [0.4, 0.5) is 13.2 Å². The van der Waals surface area contributed by atoms with Crippen LogP contribution in [0.2, 0.25) is 0 Å². The van der Waals surface area contributed by atoms with E-state index in [0.717, 1.165) is 0 Å². The predicted molar refractivity (Wildman–Crippen MR) is 52.7 cm³/mol. The molecule has 6 heteroatoms. The Balaban J connectivity index is 3.90. The summed E-state index contributed by atoms with van der Waals surface area (Å²) in [5.74, 6) is 0. The minimum atomic E-state index is -4.55. The summed E-state index contributed by atoms with van der Waals surface area (Å²) in [5.41, 5.74) is -0.245. The summed E-state index contributed by atoms with van der Waals surface area (Å²) in [6.07, 6.45) is -6.84. The van der Waals surface area contributed by atoms with Crippen LogP contribution in [0.3, 0.4) is 0 Å². The molecule has 0 aliphatic heterocycles. The first-order chi connectivity index (χ1) is 6.57. The van der Waals surface area contributed by atoms with Crippen LogP contribution >= 0.6 is 0 Å². The molecule has 0 radical (unpaired) electrons. The molecule has 0 amide bonds. The van der Waals surface area contributed by atoms with E-state index in [4.69, 9.17) is 5.11 Å². The normalized spacial score (nSPS) is 15.8. The van der Waals surface area contributed by atoms with Crippen LogP contribution in [0.15, 0.2) is 0 Å². The van der Waals surface area contributed by atoms with Crippen molar-refractivity contribution in [2.24, 2.45) is 0 Å². The van der Waals surface area contributed by atoms with Gasteiger partial charge in [0.05, 0.1) is 0 Å². The number of hydrogen-bond donors (Lipinski definition) is 2. The van der Waals surface area contributed by atoms with Gasteiger partial charge in [-0.3, -0.25) is 0 Å². The zero-order chi connectivity index (χ0) is 12.3. The summed E-state index contributed by atoms with van der Waals surface area (Å²) in [4.78, 5) is 1.90. The molecule has 0 aromatic carbocycles. The zero-order valence-electron chi connectivity index (χ0n) is 9.52.